The fraction of sp³-hybridized carbons (Fsp3) is 0.714. The number of alkyl halides is 1. The van der Waals surface area contributed by atoms with E-state index in [1.807, 2.05) is 6.07 Å². The Hall–Kier alpha value is -1.63. The van der Waals surface area contributed by atoms with Crippen LogP contribution in [0.3, 0.4) is 0 Å². The van der Waals surface area contributed by atoms with E-state index in [1.54, 1.807) is 4.68 Å². The zero-order valence-corrected chi connectivity index (χ0v) is 11.9. The van der Waals surface area contributed by atoms with Crippen molar-refractivity contribution in [1.82, 2.24) is 15.1 Å². The lowest BCUT2D eigenvalue weighted by Gasteiger charge is -2.32. The number of halogens is 1. The number of carbonyl (C=O) groups excluding carboxylic acids is 1. The molecule has 1 fully saturated rings. The first kappa shape index (κ1) is 14.3. The largest absolute Gasteiger partial charge is 0.478 e. The lowest BCUT2D eigenvalue weighted by Crippen LogP contribution is -2.46. The monoisotopic (exact) mass is 297 g/mol. The zero-order chi connectivity index (χ0) is 14.7. The Bertz CT molecular complexity index is 488. The molecule has 7 heteroatoms. The van der Waals surface area contributed by atoms with Gasteiger partial charge < -0.3 is 14.8 Å². The van der Waals surface area contributed by atoms with E-state index in [2.05, 4.69) is 10.4 Å². The first-order chi connectivity index (χ1) is 10.2. The van der Waals surface area contributed by atoms with Crippen molar-refractivity contribution >= 4 is 5.91 Å². The Kier molecular flexibility index (Phi) is 4.10. The van der Waals surface area contributed by atoms with Crippen LogP contribution < -0.4 is 10.1 Å². The predicted molar refractivity (Wildman–Crippen MR) is 72.6 cm³/mol. The molecule has 0 atom stereocenters. The summed E-state index contributed by atoms with van der Waals surface area (Å²) in [4.78, 5) is 12.3. The fourth-order valence-corrected chi connectivity index (χ4v) is 2.75. The van der Waals surface area contributed by atoms with Gasteiger partial charge >= 0.3 is 0 Å². The molecule has 116 valence electrons. The standard InChI is InChI=1S/C14H20FN3O3/c15-10-14(2-6-20-7-3-14)13(19)16-9-11-8-12-18(17-11)4-1-5-21-12/h8H,1-7,9-10H2,(H,16,19). The maximum atomic E-state index is 13.3. The molecule has 2 aliphatic heterocycles. The van der Waals surface area contributed by atoms with Crippen LogP contribution in [0.25, 0.3) is 0 Å². The number of rotatable bonds is 4. The van der Waals surface area contributed by atoms with Gasteiger partial charge in [0.1, 0.15) is 6.67 Å². The van der Waals surface area contributed by atoms with Crippen molar-refractivity contribution in [1.29, 1.82) is 0 Å². The van der Waals surface area contributed by atoms with Crippen LogP contribution in [0.5, 0.6) is 5.88 Å². The molecule has 0 unspecified atom stereocenters. The molecule has 1 N–H and O–H groups in total. The van der Waals surface area contributed by atoms with Crippen LogP contribution in [0.1, 0.15) is 25.0 Å². The van der Waals surface area contributed by atoms with Crippen LogP contribution in [0.2, 0.25) is 0 Å². The van der Waals surface area contributed by atoms with E-state index in [0.29, 0.717) is 39.2 Å². The molecule has 0 saturated carbocycles. The van der Waals surface area contributed by atoms with E-state index < -0.39 is 12.1 Å². The van der Waals surface area contributed by atoms with Crippen molar-refractivity contribution in [3.05, 3.63) is 11.8 Å². The first-order valence-corrected chi connectivity index (χ1v) is 7.35. The molecule has 21 heavy (non-hydrogen) atoms. The van der Waals surface area contributed by atoms with Gasteiger partial charge in [-0.25, -0.2) is 9.07 Å². The molecule has 1 aromatic rings. The molecule has 3 heterocycles. The highest BCUT2D eigenvalue weighted by atomic mass is 19.1. The van der Waals surface area contributed by atoms with Crippen LogP contribution >= 0.6 is 0 Å². The number of hydrogen-bond donors (Lipinski definition) is 1. The molecule has 1 saturated heterocycles. The lowest BCUT2D eigenvalue weighted by atomic mass is 9.80. The number of nitrogens with one attached hydrogen (secondary N) is 1. The minimum atomic E-state index is -0.936. The molecule has 6 nitrogen and oxygen atoms in total. The Labute approximate surface area is 122 Å². The topological polar surface area (TPSA) is 65.4 Å². The van der Waals surface area contributed by atoms with E-state index in [4.69, 9.17) is 9.47 Å². The lowest BCUT2D eigenvalue weighted by molar-refractivity contribution is -0.138. The molecule has 0 aliphatic carbocycles. The molecule has 1 aromatic heterocycles. The Morgan fingerprint density at radius 2 is 2.24 bits per heavy atom. The quantitative estimate of drug-likeness (QED) is 0.902. The van der Waals surface area contributed by atoms with E-state index >= 15 is 0 Å². The summed E-state index contributed by atoms with van der Waals surface area (Å²) < 4.78 is 25.8. The molecular weight excluding hydrogens is 277 g/mol. The molecule has 2 aliphatic rings. The van der Waals surface area contributed by atoms with E-state index in [9.17, 15) is 9.18 Å². The number of hydrogen-bond acceptors (Lipinski definition) is 4. The van der Waals surface area contributed by atoms with Crippen LogP contribution in [0.4, 0.5) is 4.39 Å². The summed E-state index contributed by atoms with van der Waals surface area (Å²) in [6.07, 6.45) is 1.79. The number of carbonyl (C=O) groups is 1. The maximum Gasteiger partial charge on any atom is 0.229 e. The fourth-order valence-electron chi connectivity index (χ4n) is 2.75. The number of amides is 1. The summed E-state index contributed by atoms with van der Waals surface area (Å²) in [5, 5.41) is 7.18. The summed E-state index contributed by atoms with van der Waals surface area (Å²) in [6, 6.07) is 1.82. The van der Waals surface area contributed by atoms with Gasteiger partial charge in [-0.1, -0.05) is 0 Å². The number of nitrogens with zero attached hydrogens (tertiary/aromatic N) is 2. The highest BCUT2D eigenvalue weighted by Gasteiger charge is 2.40. The Balaban J connectivity index is 1.61. The second-order valence-corrected chi connectivity index (χ2v) is 5.61. The third-order valence-corrected chi connectivity index (χ3v) is 4.18. The second kappa shape index (κ2) is 6.01. The number of fused-ring (bicyclic) bond motifs is 1. The number of aromatic nitrogens is 2. The average Bonchev–Trinajstić information content (AvgIpc) is 2.96. The number of aryl methyl sites for hydroxylation is 1. The van der Waals surface area contributed by atoms with Gasteiger partial charge in [-0.15, -0.1) is 0 Å². The van der Waals surface area contributed by atoms with Gasteiger partial charge in [-0.3, -0.25) is 4.79 Å². The summed E-state index contributed by atoms with van der Waals surface area (Å²) in [5.74, 6) is 0.483. The smallest absolute Gasteiger partial charge is 0.229 e. The van der Waals surface area contributed by atoms with Crippen LogP contribution in [-0.4, -0.2) is 42.2 Å². The summed E-state index contributed by atoms with van der Waals surface area (Å²) in [7, 11) is 0. The van der Waals surface area contributed by atoms with Gasteiger partial charge in [0, 0.05) is 32.2 Å². The van der Waals surface area contributed by atoms with Crippen molar-refractivity contribution in [3.8, 4) is 5.88 Å². The van der Waals surface area contributed by atoms with Crippen molar-refractivity contribution in [2.45, 2.75) is 32.4 Å². The SMILES string of the molecule is O=C(NCc1cc2n(n1)CCCO2)C1(CF)CCOCC1. The van der Waals surface area contributed by atoms with Crippen molar-refractivity contribution < 1.29 is 18.7 Å². The maximum absolute atomic E-state index is 13.3. The second-order valence-electron chi connectivity index (χ2n) is 5.61. The Morgan fingerprint density at radius 1 is 1.43 bits per heavy atom. The van der Waals surface area contributed by atoms with Gasteiger partial charge in [-0.05, 0) is 12.8 Å². The Morgan fingerprint density at radius 3 is 2.95 bits per heavy atom. The van der Waals surface area contributed by atoms with Crippen molar-refractivity contribution in [3.63, 3.8) is 0 Å². The molecule has 0 bridgehead atoms. The molecule has 0 radical (unpaired) electrons. The van der Waals surface area contributed by atoms with Gasteiger partial charge in [-0.2, -0.15) is 5.10 Å². The van der Waals surface area contributed by atoms with Crippen LogP contribution in [-0.2, 0) is 22.6 Å². The normalized spacial score (nSPS) is 20.4. The van der Waals surface area contributed by atoms with E-state index in [0.717, 1.165) is 24.5 Å². The minimum absolute atomic E-state index is 0.250. The molecule has 1 amide bonds. The van der Waals surface area contributed by atoms with Gasteiger partial charge in [0.15, 0.2) is 0 Å². The third-order valence-electron chi connectivity index (χ3n) is 4.18. The molecular formula is C14H20FN3O3. The predicted octanol–water partition coefficient (Wildman–Crippen LogP) is 1.05. The summed E-state index contributed by atoms with van der Waals surface area (Å²) >= 11 is 0. The van der Waals surface area contributed by atoms with Crippen molar-refractivity contribution in [2.75, 3.05) is 26.5 Å². The summed E-state index contributed by atoms with van der Waals surface area (Å²) in [6.45, 7) is 2.04. The van der Waals surface area contributed by atoms with E-state index in [1.165, 1.54) is 0 Å². The number of ether oxygens (including phenoxy) is 2. The van der Waals surface area contributed by atoms with Gasteiger partial charge in [0.25, 0.3) is 0 Å². The van der Waals surface area contributed by atoms with Gasteiger partial charge in [0.2, 0.25) is 11.8 Å². The average molecular weight is 297 g/mol. The highest BCUT2D eigenvalue weighted by Crippen LogP contribution is 2.31. The highest BCUT2D eigenvalue weighted by molar-refractivity contribution is 5.82. The van der Waals surface area contributed by atoms with E-state index in [-0.39, 0.29) is 5.91 Å². The minimum Gasteiger partial charge on any atom is -0.478 e. The third kappa shape index (κ3) is 2.88. The zero-order valence-electron chi connectivity index (χ0n) is 11.9. The van der Waals surface area contributed by atoms with Gasteiger partial charge in [0.05, 0.1) is 24.3 Å². The van der Waals surface area contributed by atoms with Crippen LogP contribution in [0, 0.1) is 5.41 Å². The first-order valence-electron chi connectivity index (χ1n) is 7.35. The molecule has 0 aromatic carbocycles. The summed E-state index contributed by atoms with van der Waals surface area (Å²) in [5.41, 5.74) is -0.199. The molecule has 3 rings (SSSR count). The van der Waals surface area contributed by atoms with Crippen LogP contribution in [0.15, 0.2) is 6.07 Å². The van der Waals surface area contributed by atoms with Crippen molar-refractivity contribution in [2.24, 2.45) is 5.41 Å². The molecule has 0 spiro atoms.